The second-order valence-corrected chi connectivity index (χ2v) is 6.78. The third-order valence-electron chi connectivity index (χ3n) is 4.30. The highest BCUT2D eigenvalue weighted by Gasteiger charge is 2.23. The van der Waals surface area contributed by atoms with Gasteiger partial charge in [0, 0.05) is 22.6 Å². The second kappa shape index (κ2) is 7.27. The van der Waals surface area contributed by atoms with Gasteiger partial charge >= 0.3 is 6.03 Å². The fourth-order valence-electron chi connectivity index (χ4n) is 3.01. The molecule has 1 aliphatic heterocycles. The van der Waals surface area contributed by atoms with Crippen molar-refractivity contribution in [3.05, 3.63) is 52.0 Å². The molecular weight excluding hydrogens is 382 g/mol. The van der Waals surface area contributed by atoms with Crippen molar-refractivity contribution >= 4 is 28.2 Å². The Labute approximate surface area is 155 Å². The number of hydrazone groups is 1. The summed E-state index contributed by atoms with van der Waals surface area (Å²) in [6, 6.07) is 11.9. The van der Waals surface area contributed by atoms with Crippen LogP contribution in [0.2, 0.25) is 0 Å². The maximum absolute atomic E-state index is 12.0. The van der Waals surface area contributed by atoms with Crippen LogP contribution in [0.15, 0.2) is 46.0 Å². The topological polar surface area (TPSA) is 53.9 Å². The summed E-state index contributed by atoms with van der Waals surface area (Å²) >= 11 is 3.69. The molecule has 5 nitrogen and oxygen atoms in total. The minimum absolute atomic E-state index is 0.0264. The van der Waals surface area contributed by atoms with Gasteiger partial charge in [0.15, 0.2) is 0 Å². The van der Waals surface area contributed by atoms with E-state index in [0.717, 1.165) is 38.9 Å². The third kappa shape index (κ3) is 3.39. The molecule has 0 radical (unpaired) electrons. The van der Waals surface area contributed by atoms with Crippen molar-refractivity contribution in [1.82, 2.24) is 10.3 Å². The van der Waals surface area contributed by atoms with E-state index in [1.807, 2.05) is 31.2 Å². The van der Waals surface area contributed by atoms with Crippen LogP contribution in [-0.4, -0.2) is 37.5 Å². The molecule has 130 valence electrons. The number of hydrogen-bond donors (Lipinski definition) is 1. The van der Waals surface area contributed by atoms with Gasteiger partial charge in [0.2, 0.25) is 0 Å². The molecule has 6 heteroatoms. The Morgan fingerprint density at radius 3 is 2.80 bits per heavy atom. The second-order valence-electron chi connectivity index (χ2n) is 5.93. The fourth-order valence-corrected chi connectivity index (χ4v) is 3.62. The fraction of sp³-hybridized carbons (Fsp3) is 0.263. The first kappa shape index (κ1) is 17.5. The first-order valence-electron chi connectivity index (χ1n) is 8.06. The zero-order valence-corrected chi connectivity index (χ0v) is 16.0. The summed E-state index contributed by atoms with van der Waals surface area (Å²) in [4.78, 5) is 12.0. The van der Waals surface area contributed by atoms with E-state index >= 15 is 0 Å². The Kier molecular flexibility index (Phi) is 5.08. The molecule has 0 saturated heterocycles. The molecule has 25 heavy (non-hydrogen) atoms. The zero-order chi connectivity index (χ0) is 18.0. The standard InChI is InChI=1S/C19H20BrN3O2/c1-12-8-13-10-17(20)16(15-6-4-5-7-18(15)25-3)9-14(13)11-22-23(12)19(24)21-2/h4-7,9-12H,8H2,1-3H3,(H,21,24). The van der Waals surface area contributed by atoms with E-state index < -0.39 is 0 Å². The summed E-state index contributed by atoms with van der Waals surface area (Å²) in [7, 11) is 3.28. The number of ether oxygens (including phenoxy) is 1. The van der Waals surface area contributed by atoms with Crippen LogP contribution in [0.25, 0.3) is 11.1 Å². The number of halogens is 1. The average Bonchev–Trinajstić information content (AvgIpc) is 2.78. The van der Waals surface area contributed by atoms with Gasteiger partial charge in [-0.25, -0.2) is 9.80 Å². The lowest BCUT2D eigenvalue weighted by Gasteiger charge is -2.22. The number of fused-ring (bicyclic) bond motifs is 1. The van der Waals surface area contributed by atoms with Crippen LogP contribution in [0.3, 0.4) is 0 Å². The molecule has 0 aromatic heterocycles. The summed E-state index contributed by atoms with van der Waals surface area (Å²) in [6.45, 7) is 1.99. The summed E-state index contributed by atoms with van der Waals surface area (Å²) in [5.41, 5.74) is 4.19. The predicted molar refractivity (Wildman–Crippen MR) is 103 cm³/mol. The molecule has 1 unspecified atom stereocenters. The Morgan fingerprint density at radius 2 is 2.08 bits per heavy atom. The summed E-state index contributed by atoms with van der Waals surface area (Å²) < 4.78 is 6.48. The van der Waals surface area contributed by atoms with Gasteiger partial charge in [-0.15, -0.1) is 0 Å². The van der Waals surface area contributed by atoms with Gasteiger partial charge in [0.05, 0.1) is 19.4 Å². The zero-order valence-electron chi connectivity index (χ0n) is 14.4. The van der Waals surface area contributed by atoms with Gasteiger partial charge in [-0.1, -0.05) is 34.1 Å². The smallest absolute Gasteiger partial charge is 0.337 e. The molecule has 0 saturated carbocycles. The molecule has 0 aliphatic carbocycles. The molecule has 1 N–H and O–H groups in total. The first-order valence-corrected chi connectivity index (χ1v) is 8.85. The molecule has 1 aliphatic rings. The number of amides is 2. The van der Waals surface area contributed by atoms with Crippen molar-refractivity contribution in [3.63, 3.8) is 0 Å². The van der Waals surface area contributed by atoms with E-state index in [1.165, 1.54) is 5.01 Å². The molecule has 0 bridgehead atoms. The molecule has 3 rings (SSSR count). The van der Waals surface area contributed by atoms with Crippen molar-refractivity contribution in [1.29, 1.82) is 0 Å². The van der Waals surface area contributed by atoms with E-state index in [9.17, 15) is 4.79 Å². The summed E-state index contributed by atoms with van der Waals surface area (Å²) in [6.07, 6.45) is 2.48. The largest absolute Gasteiger partial charge is 0.496 e. The Bertz CT molecular complexity index is 835. The summed E-state index contributed by atoms with van der Waals surface area (Å²) in [5, 5.41) is 8.49. The maximum atomic E-state index is 12.0. The number of benzene rings is 2. The molecule has 1 heterocycles. The first-order chi connectivity index (χ1) is 12.0. The SMILES string of the molecule is CNC(=O)N1N=Cc2cc(-c3ccccc3OC)c(Br)cc2CC1C. The molecule has 2 amide bonds. The molecule has 1 atom stereocenters. The minimum atomic E-state index is -0.208. The van der Waals surface area contributed by atoms with Crippen molar-refractivity contribution in [2.24, 2.45) is 5.10 Å². The number of rotatable bonds is 2. The van der Waals surface area contributed by atoms with Gasteiger partial charge in [-0.3, -0.25) is 0 Å². The van der Waals surface area contributed by atoms with Gasteiger partial charge in [0.1, 0.15) is 5.75 Å². The van der Waals surface area contributed by atoms with Crippen LogP contribution in [-0.2, 0) is 6.42 Å². The van der Waals surface area contributed by atoms with Crippen LogP contribution < -0.4 is 10.1 Å². The number of carbonyl (C=O) groups excluding carboxylic acids is 1. The Hall–Kier alpha value is -2.34. The van der Waals surface area contributed by atoms with Gasteiger partial charge in [-0.05, 0) is 42.7 Å². The van der Waals surface area contributed by atoms with E-state index in [1.54, 1.807) is 20.4 Å². The Balaban J connectivity index is 2.07. The van der Waals surface area contributed by atoms with Gasteiger partial charge in [0.25, 0.3) is 0 Å². The lowest BCUT2D eigenvalue weighted by atomic mass is 9.96. The number of para-hydroxylation sites is 1. The minimum Gasteiger partial charge on any atom is -0.496 e. The number of nitrogens with one attached hydrogen (secondary N) is 1. The highest BCUT2D eigenvalue weighted by Crippen LogP contribution is 2.37. The van der Waals surface area contributed by atoms with Crippen molar-refractivity contribution in [3.8, 4) is 16.9 Å². The number of methoxy groups -OCH3 is 1. The monoisotopic (exact) mass is 401 g/mol. The van der Waals surface area contributed by atoms with Crippen molar-refractivity contribution in [2.75, 3.05) is 14.2 Å². The molecule has 2 aromatic carbocycles. The van der Waals surface area contributed by atoms with Crippen LogP contribution in [0.5, 0.6) is 5.75 Å². The number of urea groups is 1. The number of hydrogen-bond acceptors (Lipinski definition) is 3. The predicted octanol–water partition coefficient (Wildman–Crippen LogP) is 4.04. The lowest BCUT2D eigenvalue weighted by Crippen LogP contribution is -2.40. The maximum Gasteiger partial charge on any atom is 0.337 e. The van der Waals surface area contributed by atoms with E-state index in [0.29, 0.717) is 0 Å². The lowest BCUT2D eigenvalue weighted by molar-refractivity contribution is 0.185. The van der Waals surface area contributed by atoms with E-state index in [2.05, 4.69) is 38.5 Å². The van der Waals surface area contributed by atoms with Crippen LogP contribution >= 0.6 is 15.9 Å². The van der Waals surface area contributed by atoms with E-state index in [4.69, 9.17) is 4.74 Å². The van der Waals surface area contributed by atoms with Crippen molar-refractivity contribution < 1.29 is 9.53 Å². The number of carbonyl (C=O) groups is 1. The van der Waals surface area contributed by atoms with Gasteiger partial charge in [-0.2, -0.15) is 5.10 Å². The van der Waals surface area contributed by atoms with Crippen LogP contribution in [0.4, 0.5) is 4.79 Å². The van der Waals surface area contributed by atoms with Crippen LogP contribution in [0, 0.1) is 0 Å². The third-order valence-corrected chi connectivity index (χ3v) is 4.96. The summed E-state index contributed by atoms with van der Waals surface area (Å²) in [5.74, 6) is 0.814. The highest BCUT2D eigenvalue weighted by molar-refractivity contribution is 9.10. The van der Waals surface area contributed by atoms with Gasteiger partial charge < -0.3 is 10.1 Å². The quantitative estimate of drug-likeness (QED) is 0.824. The molecule has 2 aromatic rings. The van der Waals surface area contributed by atoms with E-state index in [-0.39, 0.29) is 12.1 Å². The number of nitrogens with zero attached hydrogens (tertiary/aromatic N) is 2. The normalized spacial score (nSPS) is 16.2. The average molecular weight is 402 g/mol. The molecular formula is C19H20BrN3O2. The van der Waals surface area contributed by atoms with Crippen molar-refractivity contribution in [2.45, 2.75) is 19.4 Å². The Morgan fingerprint density at radius 1 is 1.32 bits per heavy atom. The highest BCUT2D eigenvalue weighted by atomic mass is 79.9. The molecule has 0 fully saturated rings. The van der Waals surface area contributed by atoms with Crippen LogP contribution in [0.1, 0.15) is 18.1 Å². The molecule has 0 spiro atoms.